The smallest absolute Gasteiger partial charge is 0.475 e. The highest BCUT2D eigenvalue weighted by Gasteiger charge is 2.47. The van der Waals surface area contributed by atoms with Crippen molar-refractivity contribution in [1.82, 2.24) is 19.3 Å². The molecule has 1 saturated heterocycles. The van der Waals surface area contributed by atoms with Crippen molar-refractivity contribution in [2.75, 3.05) is 25.4 Å². The molecular weight excluding hydrogens is 477 g/mol. The summed E-state index contributed by atoms with van der Waals surface area (Å²) in [5, 5.41) is 7.12. The SMILES string of the molecule is CCCCS(=O)(=O)N1CCC2(COCc3cnc(-c4cccnc4)nc32)C1.O=C(O)C(F)(F)F. The van der Waals surface area contributed by atoms with Crippen molar-refractivity contribution in [2.24, 2.45) is 0 Å². The van der Waals surface area contributed by atoms with Crippen LogP contribution in [0.5, 0.6) is 0 Å². The van der Waals surface area contributed by atoms with Crippen LogP contribution in [0.3, 0.4) is 0 Å². The van der Waals surface area contributed by atoms with Gasteiger partial charge in [0.15, 0.2) is 5.82 Å². The lowest BCUT2D eigenvalue weighted by molar-refractivity contribution is -0.192. The molecule has 0 aliphatic carbocycles. The molecule has 9 nitrogen and oxygen atoms in total. The molecule has 186 valence electrons. The number of pyridine rings is 1. The van der Waals surface area contributed by atoms with Crippen molar-refractivity contribution in [3.63, 3.8) is 0 Å². The molecule has 4 rings (SSSR count). The van der Waals surface area contributed by atoms with Gasteiger partial charge in [-0.15, -0.1) is 0 Å². The summed E-state index contributed by atoms with van der Waals surface area (Å²) in [4.78, 5) is 22.3. The summed E-state index contributed by atoms with van der Waals surface area (Å²) in [5.41, 5.74) is 2.33. The highest BCUT2D eigenvalue weighted by molar-refractivity contribution is 7.89. The molecule has 0 aromatic carbocycles. The zero-order valence-electron chi connectivity index (χ0n) is 18.5. The Hall–Kier alpha value is -2.64. The van der Waals surface area contributed by atoms with Gasteiger partial charge in [-0.25, -0.2) is 27.5 Å². The predicted octanol–water partition coefficient (Wildman–Crippen LogP) is 2.78. The van der Waals surface area contributed by atoms with Crippen LogP contribution >= 0.6 is 0 Å². The lowest BCUT2D eigenvalue weighted by Crippen LogP contribution is -2.42. The molecule has 1 unspecified atom stereocenters. The van der Waals surface area contributed by atoms with Gasteiger partial charge in [0.2, 0.25) is 10.0 Å². The first-order valence-corrected chi connectivity index (χ1v) is 12.2. The Morgan fingerprint density at radius 2 is 2.06 bits per heavy atom. The van der Waals surface area contributed by atoms with E-state index >= 15 is 0 Å². The van der Waals surface area contributed by atoms with Crippen LogP contribution in [0.25, 0.3) is 11.4 Å². The van der Waals surface area contributed by atoms with E-state index in [-0.39, 0.29) is 5.75 Å². The van der Waals surface area contributed by atoms with Gasteiger partial charge in [-0.2, -0.15) is 13.2 Å². The molecule has 0 amide bonds. The lowest BCUT2D eigenvalue weighted by atomic mass is 9.80. The van der Waals surface area contributed by atoms with Crippen LogP contribution in [0, 0.1) is 0 Å². The molecule has 34 heavy (non-hydrogen) atoms. The number of carbonyl (C=O) groups is 1. The van der Waals surface area contributed by atoms with E-state index in [1.807, 2.05) is 19.1 Å². The van der Waals surface area contributed by atoms with E-state index in [9.17, 15) is 21.6 Å². The van der Waals surface area contributed by atoms with Crippen LogP contribution in [0.2, 0.25) is 0 Å². The molecule has 1 N–H and O–H groups in total. The van der Waals surface area contributed by atoms with E-state index < -0.39 is 27.6 Å². The van der Waals surface area contributed by atoms with Gasteiger partial charge in [-0.1, -0.05) is 13.3 Å². The molecule has 13 heteroatoms. The number of rotatable bonds is 5. The van der Waals surface area contributed by atoms with Gasteiger partial charge < -0.3 is 9.84 Å². The second-order valence-corrected chi connectivity index (χ2v) is 10.2. The maximum Gasteiger partial charge on any atom is 0.490 e. The summed E-state index contributed by atoms with van der Waals surface area (Å²) in [6.45, 7) is 3.90. The Balaban J connectivity index is 0.000000406. The van der Waals surface area contributed by atoms with E-state index in [1.54, 1.807) is 22.9 Å². The average Bonchev–Trinajstić information content (AvgIpc) is 3.24. The van der Waals surface area contributed by atoms with Gasteiger partial charge in [-0.3, -0.25) is 4.98 Å². The highest BCUT2D eigenvalue weighted by atomic mass is 32.2. The second kappa shape index (κ2) is 10.3. The van der Waals surface area contributed by atoms with Crippen LogP contribution in [-0.2, 0) is 31.6 Å². The number of nitrogens with zero attached hydrogens (tertiary/aromatic N) is 4. The number of halogens is 3. The fourth-order valence-electron chi connectivity index (χ4n) is 3.87. The molecule has 1 atom stereocenters. The Bertz CT molecular complexity index is 1120. The monoisotopic (exact) mass is 502 g/mol. The highest BCUT2D eigenvalue weighted by Crippen LogP contribution is 2.40. The minimum Gasteiger partial charge on any atom is -0.475 e. The topological polar surface area (TPSA) is 123 Å². The minimum atomic E-state index is -5.08. The summed E-state index contributed by atoms with van der Waals surface area (Å²) >= 11 is 0. The van der Waals surface area contributed by atoms with Gasteiger partial charge in [-0.05, 0) is 25.0 Å². The van der Waals surface area contributed by atoms with Gasteiger partial charge >= 0.3 is 12.1 Å². The molecule has 2 aromatic heterocycles. The molecule has 2 aliphatic rings. The van der Waals surface area contributed by atoms with E-state index in [2.05, 4.69) is 9.97 Å². The van der Waals surface area contributed by atoms with E-state index in [4.69, 9.17) is 19.6 Å². The summed E-state index contributed by atoms with van der Waals surface area (Å²) in [6.07, 6.45) is 2.45. The number of carboxylic acid groups (broad SMARTS) is 1. The van der Waals surface area contributed by atoms with Crippen LogP contribution in [0.1, 0.15) is 37.4 Å². The zero-order valence-corrected chi connectivity index (χ0v) is 19.3. The van der Waals surface area contributed by atoms with Gasteiger partial charge in [0, 0.05) is 42.8 Å². The van der Waals surface area contributed by atoms with Crippen molar-refractivity contribution >= 4 is 16.0 Å². The van der Waals surface area contributed by atoms with Crippen molar-refractivity contribution in [1.29, 1.82) is 0 Å². The third-order valence-corrected chi connectivity index (χ3v) is 7.54. The first-order chi connectivity index (χ1) is 16.0. The van der Waals surface area contributed by atoms with Crippen molar-refractivity contribution in [2.45, 2.75) is 44.4 Å². The number of carboxylic acids is 1. The second-order valence-electron chi connectivity index (χ2n) is 8.14. The molecule has 0 saturated carbocycles. The number of hydrogen-bond donors (Lipinski definition) is 1. The molecule has 2 aliphatic heterocycles. The third kappa shape index (κ3) is 5.88. The summed E-state index contributed by atoms with van der Waals surface area (Å²) < 4.78 is 64.5. The Morgan fingerprint density at radius 1 is 1.32 bits per heavy atom. The van der Waals surface area contributed by atoms with E-state index in [1.165, 1.54) is 0 Å². The largest absolute Gasteiger partial charge is 0.490 e. The molecule has 0 radical (unpaired) electrons. The first kappa shape index (κ1) is 26.0. The Kier molecular flexibility index (Phi) is 7.88. The fourth-order valence-corrected chi connectivity index (χ4v) is 5.59. The molecule has 0 bridgehead atoms. The number of hydrogen-bond acceptors (Lipinski definition) is 7. The van der Waals surface area contributed by atoms with E-state index in [0.717, 1.165) is 29.7 Å². The molecule has 1 fully saturated rings. The van der Waals surface area contributed by atoms with Crippen molar-refractivity contribution in [3.05, 3.63) is 42.0 Å². The molecular formula is C21H25F3N4O5S. The standard InChI is InChI=1S/C19H24N4O3S.C2HF3O2/c1-2-3-9-27(24,25)23-8-6-19(13-23)14-26-12-16-11-21-18(22-17(16)19)15-5-4-7-20-10-15;3-2(4,5)1(6)7/h4-5,7,10-11H,2-3,6,8-9,12-14H2,1H3;(H,6,7). The quantitative estimate of drug-likeness (QED) is 0.662. The zero-order chi connectivity index (χ0) is 25.0. The van der Waals surface area contributed by atoms with E-state index in [0.29, 0.717) is 38.5 Å². The van der Waals surface area contributed by atoms with Crippen molar-refractivity contribution in [3.8, 4) is 11.4 Å². The average molecular weight is 503 g/mol. The number of unbranched alkanes of at least 4 members (excludes halogenated alkanes) is 1. The van der Waals surface area contributed by atoms with Gasteiger partial charge in [0.1, 0.15) is 0 Å². The van der Waals surface area contributed by atoms with Crippen LogP contribution in [-0.4, -0.2) is 70.4 Å². The number of ether oxygens (including phenoxy) is 1. The normalized spacial score (nSPS) is 20.5. The maximum atomic E-state index is 12.7. The van der Waals surface area contributed by atoms with Crippen LogP contribution < -0.4 is 0 Å². The summed E-state index contributed by atoms with van der Waals surface area (Å²) in [6, 6.07) is 3.78. The van der Waals surface area contributed by atoms with Crippen molar-refractivity contribution < 1.29 is 36.2 Å². The number of aromatic nitrogens is 3. The van der Waals surface area contributed by atoms with Gasteiger partial charge in [0.25, 0.3) is 0 Å². The molecule has 1 spiro atoms. The number of alkyl halides is 3. The van der Waals surface area contributed by atoms with Gasteiger partial charge in [0.05, 0.1) is 30.1 Å². The number of aliphatic carboxylic acids is 1. The van der Waals surface area contributed by atoms with Crippen LogP contribution in [0.4, 0.5) is 13.2 Å². The number of sulfonamides is 1. The third-order valence-electron chi connectivity index (χ3n) is 5.63. The molecule has 2 aromatic rings. The molecule has 4 heterocycles. The first-order valence-electron chi connectivity index (χ1n) is 10.6. The summed E-state index contributed by atoms with van der Waals surface area (Å²) in [7, 11) is -3.24. The van der Waals surface area contributed by atoms with Crippen LogP contribution in [0.15, 0.2) is 30.7 Å². The number of fused-ring (bicyclic) bond motifs is 2. The predicted molar refractivity (Wildman–Crippen MR) is 115 cm³/mol. The maximum absolute atomic E-state index is 12.7. The fraction of sp³-hybridized carbons (Fsp3) is 0.524. The Morgan fingerprint density at radius 3 is 2.68 bits per heavy atom. The minimum absolute atomic E-state index is 0.206. The lowest BCUT2D eigenvalue weighted by Gasteiger charge is -2.34. The Labute approximate surface area is 195 Å². The summed E-state index contributed by atoms with van der Waals surface area (Å²) in [5.74, 6) is -1.93.